The lowest BCUT2D eigenvalue weighted by Gasteiger charge is -2.17. The molecule has 0 fully saturated rings. The molecular formula is C14H12ClFN2O2. The topological polar surface area (TPSA) is 55.2 Å². The average Bonchev–Trinajstić information content (AvgIpc) is 2.38. The quantitative estimate of drug-likeness (QED) is 0.664. The number of nitro benzene ring substituents is 1. The highest BCUT2D eigenvalue weighted by atomic mass is 35.5. The monoisotopic (exact) mass is 294 g/mol. The van der Waals surface area contributed by atoms with Crippen LogP contribution in [0, 0.1) is 15.9 Å². The smallest absolute Gasteiger partial charge is 0.271 e. The lowest BCUT2D eigenvalue weighted by Crippen LogP contribution is -2.07. The van der Waals surface area contributed by atoms with Gasteiger partial charge in [0.2, 0.25) is 0 Å². The molecule has 2 aromatic carbocycles. The average molecular weight is 295 g/mol. The maximum atomic E-state index is 13.0. The summed E-state index contributed by atoms with van der Waals surface area (Å²) in [5, 5.41) is 14.1. The van der Waals surface area contributed by atoms with Crippen molar-refractivity contribution in [1.82, 2.24) is 0 Å². The standard InChI is InChI=1S/C14H12ClFN2O2/c1-9(13-6-5-10(16)7-14(13)15)17-11-3-2-4-12(8-11)18(19)20/h2-9,17H,1H3. The number of halogens is 2. The third-order valence-electron chi connectivity index (χ3n) is 2.87. The molecule has 0 amide bonds. The van der Waals surface area contributed by atoms with Gasteiger partial charge in [-0.05, 0) is 30.7 Å². The van der Waals surface area contributed by atoms with Gasteiger partial charge in [0.1, 0.15) is 5.82 Å². The van der Waals surface area contributed by atoms with Crippen LogP contribution < -0.4 is 5.32 Å². The molecule has 2 aromatic rings. The Balaban J connectivity index is 2.21. The molecule has 0 bridgehead atoms. The molecule has 6 heteroatoms. The normalized spacial score (nSPS) is 11.9. The molecule has 0 saturated heterocycles. The fourth-order valence-corrected chi connectivity index (χ4v) is 2.22. The Labute approximate surface area is 120 Å². The van der Waals surface area contributed by atoms with E-state index in [2.05, 4.69) is 5.32 Å². The van der Waals surface area contributed by atoms with Crippen molar-refractivity contribution < 1.29 is 9.31 Å². The Morgan fingerprint density at radius 2 is 2.05 bits per heavy atom. The molecule has 20 heavy (non-hydrogen) atoms. The Hall–Kier alpha value is -2.14. The lowest BCUT2D eigenvalue weighted by atomic mass is 10.1. The summed E-state index contributed by atoms with van der Waals surface area (Å²) in [6.07, 6.45) is 0. The van der Waals surface area contributed by atoms with Crippen LogP contribution in [0.3, 0.4) is 0 Å². The maximum absolute atomic E-state index is 13.0. The summed E-state index contributed by atoms with van der Waals surface area (Å²) >= 11 is 5.98. The molecule has 0 radical (unpaired) electrons. The van der Waals surface area contributed by atoms with Crippen LogP contribution in [0.2, 0.25) is 5.02 Å². The van der Waals surface area contributed by atoms with Crippen molar-refractivity contribution in [3.8, 4) is 0 Å². The predicted molar refractivity (Wildman–Crippen MR) is 76.5 cm³/mol. The van der Waals surface area contributed by atoms with E-state index in [1.165, 1.54) is 24.3 Å². The van der Waals surface area contributed by atoms with Crippen LogP contribution in [0.15, 0.2) is 42.5 Å². The van der Waals surface area contributed by atoms with Crippen LogP contribution in [0.5, 0.6) is 0 Å². The first-order chi connectivity index (χ1) is 9.47. The minimum absolute atomic E-state index is 0.00685. The van der Waals surface area contributed by atoms with Crippen molar-refractivity contribution in [3.05, 3.63) is 69.0 Å². The highest BCUT2D eigenvalue weighted by Crippen LogP contribution is 2.27. The molecule has 0 heterocycles. The van der Waals surface area contributed by atoms with E-state index in [0.717, 1.165) is 5.56 Å². The molecule has 0 aliphatic heterocycles. The Morgan fingerprint density at radius 1 is 1.30 bits per heavy atom. The Bertz CT molecular complexity index is 649. The van der Waals surface area contributed by atoms with E-state index in [1.54, 1.807) is 18.2 Å². The zero-order valence-electron chi connectivity index (χ0n) is 10.6. The second-order valence-corrected chi connectivity index (χ2v) is 4.75. The largest absolute Gasteiger partial charge is 0.378 e. The highest BCUT2D eigenvalue weighted by molar-refractivity contribution is 6.31. The van der Waals surface area contributed by atoms with Crippen LogP contribution in [0.25, 0.3) is 0 Å². The summed E-state index contributed by atoms with van der Waals surface area (Å²) in [6, 6.07) is 10.1. The number of hydrogen-bond acceptors (Lipinski definition) is 3. The number of anilines is 1. The molecule has 0 aromatic heterocycles. The van der Waals surface area contributed by atoms with Gasteiger partial charge in [0.25, 0.3) is 5.69 Å². The molecule has 0 aliphatic rings. The number of hydrogen-bond donors (Lipinski definition) is 1. The van der Waals surface area contributed by atoms with Crippen LogP contribution >= 0.6 is 11.6 Å². The van der Waals surface area contributed by atoms with Gasteiger partial charge in [-0.3, -0.25) is 10.1 Å². The zero-order valence-corrected chi connectivity index (χ0v) is 11.4. The minimum atomic E-state index is -0.458. The molecule has 0 spiro atoms. The first-order valence-corrected chi connectivity index (χ1v) is 6.31. The molecule has 1 atom stereocenters. The van der Waals surface area contributed by atoms with Gasteiger partial charge in [-0.15, -0.1) is 0 Å². The summed E-state index contributed by atoms with van der Waals surface area (Å²) < 4.78 is 13.0. The molecule has 1 N–H and O–H groups in total. The summed E-state index contributed by atoms with van der Waals surface area (Å²) in [4.78, 5) is 10.3. The molecule has 0 saturated carbocycles. The number of nitrogens with one attached hydrogen (secondary N) is 1. The minimum Gasteiger partial charge on any atom is -0.378 e. The van der Waals surface area contributed by atoms with E-state index in [9.17, 15) is 14.5 Å². The van der Waals surface area contributed by atoms with E-state index in [4.69, 9.17) is 11.6 Å². The predicted octanol–water partition coefficient (Wildman–Crippen LogP) is 4.56. The number of nitro groups is 1. The number of rotatable bonds is 4. The molecule has 0 aliphatic carbocycles. The molecule has 4 nitrogen and oxygen atoms in total. The van der Waals surface area contributed by atoms with Crippen molar-refractivity contribution in [2.75, 3.05) is 5.32 Å². The van der Waals surface area contributed by atoms with Gasteiger partial charge in [0, 0.05) is 28.9 Å². The maximum Gasteiger partial charge on any atom is 0.271 e. The SMILES string of the molecule is CC(Nc1cccc([N+](=O)[O-])c1)c1ccc(F)cc1Cl. The fraction of sp³-hybridized carbons (Fsp3) is 0.143. The van der Waals surface area contributed by atoms with Gasteiger partial charge in [0.05, 0.1) is 4.92 Å². The van der Waals surface area contributed by atoms with E-state index in [1.807, 2.05) is 6.92 Å². The van der Waals surface area contributed by atoms with E-state index >= 15 is 0 Å². The molecule has 1 unspecified atom stereocenters. The lowest BCUT2D eigenvalue weighted by molar-refractivity contribution is -0.384. The second kappa shape index (κ2) is 5.88. The van der Waals surface area contributed by atoms with Gasteiger partial charge >= 0.3 is 0 Å². The summed E-state index contributed by atoms with van der Waals surface area (Å²) in [5.74, 6) is -0.402. The fourth-order valence-electron chi connectivity index (χ4n) is 1.89. The second-order valence-electron chi connectivity index (χ2n) is 4.34. The van der Waals surface area contributed by atoms with Gasteiger partial charge in [-0.25, -0.2) is 4.39 Å². The first-order valence-electron chi connectivity index (χ1n) is 5.93. The van der Waals surface area contributed by atoms with Crippen molar-refractivity contribution in [2.45, 2.75) is 13.0 Å². The van der Waals surface area contributed by atoms with Gasteiger partial charge in [0.15, 0.2) is 0 Å². The van der Waals surface area contributed by atoms with Gasteiger partial charge in [-0.2, -0.15) is 0 Å². The van der Waals surface area contributed by atoms with E-state index < -0.39 is 10.7 Å². The zero-order chi connectivity index (χ0) is 14.7. The van der Waals surface area contributed by atoms with Crippen molar-refractivity contribution in [2.24, 2.45) is 0 Å². The Kier molecular flexibility index (Phi) is 4.20. The molecule has 104 valence electrons. The highest BCUT2D eigenvalue weighted by Gasteiger charge is 2.12. The molecular weight excluding hydrogens is 283 g/mol. The number of nitrogens with zero attached hydrogens (tertiary/aromatic N) is 1. The van der Waals surface area contributed by atoms with Gasteiger partial charge < -0.3 is 5.32 Å². The van der Waals surface area contributed by atoms with Crippen LogP contribution in [0.4, 0.5) is 15.8 Å². The van der Waals surface area contributed by atoms with Crippen LogP contribution in [0.1, 0.15) is 18.5 Å². The van der Waals surface area contributed by atoms with Crippen molar-refractivity contribution in [1.29, 1.82) is 0 Å². The number of benzene rings is 2. The number of non-ortho nitro benzene ring substituents is 1. The van der Waals surface area contributed by atoms with E-state index in [-0.39, 0.29) is 11.7 Å². The molecule has 2 rings (SSSR count). The van der Waals surface area contributed by atoms with Crippen molar-refractivity contribution in [3.63, 3.8) is 0 Å². The van der Waals surface area contributed by atoms with Crippen LogP contribution in [-0.2, 0) is 0 Å². The van der Waals surface area contributed by atoms with Gasteiger partial charge in [-0.1, -0.05) is 23.7 Å². The Morgan fingerprint density at radius 3 is 2.70 bits per heavy atom. The van der Waals surface area contributed by atoms with Crippen molar-refractivity contribution >= 4 is 23.0 Å². The summed E-state index contributed by atoms with van der Waals surface area (Å²) in [5.41, 5.74) is 1.33. The summed E-state index contributed by atoms with van der Waals surface area (Å²) in [6.45, 7) is 1.85. The first kappa shape index (κ1) is 14.3. The van der Waals surface area contributed by atoms with Crippen LogP contribution in [-0.4, -0.2) is 4.92 Å². The third kappa shape index (κ3) is 3.24. The van der Waals surface area contributed by atoms with E-state index in [0.29, 0.717) is 10.7 Å². The third-order valence-corrected chi connectivity index (χ3v) is 3.20. The summed E-state index contributed by atoms with van der Waals surface area (Å²) in [7, 11) is 0.